The molecule has 19 heavy (non-hydrogen) atoms. The molecule has 0 unspecified atom stereocenters. The van der Waals surface area contributed by atoms with E-state index in [9.17, 15) is 0 Å². The molecule has 1 fully saturated rings. The van der Waals surface area contributed by atoms with Crippen molar-refractivity contribution in [3.05, 3.63) is 17.6 Å². The first-order chi connectivity index (χ1) is 9.43. The fourth-order valence-corrected chi connectivity index (χ4v) is 3.19. The highest BCUT2D eigenvalue weighted by molar-refractivity contribution is 5.46. The Balaban J connectivity index is 1.54. The van der Waals surface area contributed by atoms with E-state index in [0.29, 0.717) is 0 Å². The van der Waals surface area contributed by atoms with Crippen LogP contribution in [-0.4, -0.2) is 41.0 Å². The van der Waals surface area contributed by atoms with Crippen molar-refractivity contribution in [1.29, 1.82) is 0 Å². The molecule has 2 aliphatic rings. The third-order valence-electron chi connectivity index (χ3n) is 4.29. The number of likely N-dealkylation sites (tertiary alicyclic amines) is 1. The van der Waals surface area contributed by atoms with Crippen molar-refractivity contribution < 1.29 is 0 Å². The lowest BCUT2D eigenvalue weighted by Crippen LogP contribution is -2.34. The molecule has 2 heterocycles. The van der Waals surface area contributed by atoms with E-state index in [1.165, 1.54) is 56.5 Å². The highest BCUT2D eigenvalue weighted by Crippen LogP contribution is 2.24. The lowest BCUT2D eigenvalue weighted by Gasteiger charge is -2.26. The molecule has 4 heteroatoms. The number of piperidine rings is 1. The van der Waals surface area contributed by atoms with Crippen LogP contribution in [0.1, 0.15) is 43.4 Å². The Bertz CT molecular complexity index is 413. The van der Waals surface area contributed by atoms with E-state index >= 15 is 0 Å². The number of hydrogen-bond acceptors (Lipinski definition) is 4. The molecule has 1 aliphatic carbocycles. The van der Waals surface area contributed by atoms with Gasteiger partial charge in [-0.2, -0.15) is 0 Å². The lowest BCUT2D eigenvalue weighted by molar-refractivity contribution is 0.237. The van der Waals surface area contributed by atoms with Gasteiger partial charge in [0.05, 0.1) is 0 Å². The number of nitrogens with one attached hydrogen (secondary N) is 1. The van der Waals surface area contributed by atoms with E-state index in [-0.39, 0.29) is 0 Å². The molecule has 0 radical (unpaired) electrons. The maximum absolute atomic E-state index is 4.43. The molecule has 0 aromatic carbocycles. The summed E-state index contributed by atoms with van der Waals surface area (Å²) in [7, 11) is 0. The van der Waals surface area contributed by atoms with Gasteiger partial charge >= 0.3 is 0 Å². The summed E-state index contributed by atoms with van der Waals surface area (Å²) in [5.74, 6) is 1.08. The molecular formula is C15H24N4. The second kappa shape index (κ2) is 6.33. The third kappa shape index (κ3) is 3.24. The summed E-state index contributed by atoms with van der Waals surface area (Å²) in [5, 5.41) is 3.53. The zero-order valence-electron chi connectivity index (χ0n) is 11.7. The van der Waals surface area contributed by atoms with Gasteiger partial charge in [0.1, 0.15) is 12.1 Å². The largest absolute Gasteiger partial charge is 0.368 e. The summed E-state index contributed by atoms with van der Waals surface area (Å²) in [6.45, 7) is 4.68. The molecule has 0 atom stereocenters. The number of hydrogen-bond donors (Lipinski definition) is 1. The van der Waals surface area contributed by atoms with Gasteiger partial charge in [-0.3, -0.25) is 0 Å². The van der Waals surface area contributed by atoms with Crippen LogP contribution in [0.3, 0.4) is 0 Å². The number of aromatic nitrogens is 2. The molecule has 1 aromatic heterocycles. The van der Waals surface area contributed by atoms with Gasteiger partial charge in [0, 0.05) is 24.3 Å². The third-order valence-corrected chi connectivity index (χ3v) is 4.29. The van der Waals surface area contributed by atoms with E-state index in [4.69, 9.17) is 0 Å². The highest BCUT2D eigenvalue weighted by atomic mass is 15.1. The van der Waals surface area contributed by atoms with Crippen LogP contribution in [-0.2, 0) is 12.8 Å². The van der Waals surface area contributed by atoms with E-state index in [1.54, 1.807) is 6.33 Å². The molecular weight excluding hydrogens is 236 g/mol. The predicted octanol–water partition coefficient (Wildman–Crippen LogP) is 2.25. The first-order valence-corrected chi connectivity index (χ1v) is 7.72. The van der Waals surface area contributed by atoms with E-state index in [0.717, 1.165) is 31.7 Å². The topological polar surface area (TPSA) is 41.1 Å². The fourth-order valence-electron chi connectivity index (χ4n) is 3.19. The van der Waals surface area contributed by atoms with Crippen LogP contribution in [0.25, 0.3) is 0 Å². The quantitative estimate of drug-likeness (QED) is 0.901. The van der Waals surface area contributed by atoms with Crippen LogP contribution >= 0.6 is 0 Å². The predicted molar refractivity (Wildman–Crippen MR) is 77.5 cm³/mol. The van der Waals surface area contributed by atoms with Gasteiger partial charge < -0.3 is 10.2 Å². The maximum Gasteiger partial charge on any atom is 0.132 e. The Kier molecular flexibility index (Phi) is 4.28. The number of anilines is 1. The minimum absolute atomic E-state index is 1.00. The summed E-state index contributed by atoms with van der Waals surface area (Å²) >= 11 is 0. The smallest absolute Gasteiger partial charge is 0.132 e. The molecule has 104 valence electrons. The van der Waals surface area contributed by atoms with Gasteiger partial charge in [0.2, 0.25) is 0 Å². The van der Waals surface area contributed by atoms with Crippen LogP contribution in [0.2, 0.25) is 0 Å². The number of rotatable bonds is 4. The standard InChI is InChI=1S/C15H24N4/c1-4-9-19(10-5-1)11-8-16-15-13-6-2-3-7-14(13)17-12-18-15/h12H,1-11H2,(H,16,17,18). The van der Waals surface area contributed by atoms with Crippen molar-refractivity contribution in [2.24, 2.45) is 0 Å². The van der Waals surface area contributed by atoms with Gasteiger partial charge in [0.25, 0.3) is 0 Å². The van der Waals surface area contributed by atoms with E-state index < -0.39 is 0 Å². The Morgan fingerprint density at radius 2 is 1.84 bits per heavy atom. The molecule has 0 spiro atoms. The second-order valence-corrected chi connectivity index (χ2v) is 5.68. The van der Waals surface area contributed by atoms with Crippen LogP contribution in [0.15, 0.2) is 6.33 Å². The monoisotopic (exact) mass is 260 g/mol. The second-order valence-electron chi connectivity index (χ2n) is 5.68. The van der Waals surface area contributed by atoms with Gasteiger partial charge in [-0.25, -0.2) is 9.97 Å². The van der Waals surface area contributed by atoms with Gasteiger partial charge in [-0.1, -0.05) is 6.42 Å². The first-order valence-electron chi connectivity index (χ1n) is 7.72. The average Bonchev–Trinajstić information content (AvgIpc) is 2.49. The van der Waals surface area contributed by atoms with E-state index in [2.05, 4.69) is 20.2 Å². The fraction of sp³-hybridized carbons (Fsp3) is 0.733. The van der Waals surface area contributed by atoms with Crippen LogP contribution < -0.4 is 5.32 Å². The van der Waals surface area contributed by atoms with Crippen LogP contribution in [0.5, 0.6) is 0 Å². The summed E-state index contributed by atoms with van der Waals surface area (Å²) in [5.41, 5.74) is 2.63. The van der Waals surface area contributed by atoms with Crippen LogP contribution in [0.4, 0.5) is 5.82 Å². The van der Waals surface area contributed by atoms with E-state index in [1.807, 2.05) is 0 Å². The molecule has 3 rings (SSSR count). The summed E-state index contributed by atoms with van der Waals surface area (Å²) in [4.78, 5) is 11.4. The highest BCUT2D eigenvalue weighted by Gasteiger charge is 2.15. The summed E-state index contributed by atoms with van der Waals surface area (Å²) < 4.78 is 0. The Morgan fingerprint density at radius 1 is 1.00 bits per heavy atom. The first kappa shape index (κ1) is 12.9. The Morgan fingerprint density at radius 3 is 2.74 bits per heavy atom. The molecule has 0 bridgehead atoms. The molecule has 1 saturated heterocycles. The SMILES string of the molecule is c1nc2c(c(NCCN3CCCCC3)n1)CCCC2. The zero-order valence-corrected chi connectivity index (χ0v) is 11.7. The zero-order chi connectivity index (χ0) is 12.9. The number of fused-ring (bicyclic) bond motifs is 1. The van der Waals surface area contributed by atoms with Gasteiger partial charge in [-0.05, 0) is 51.6 Å². The van der Waals surface area contributed by atoms with Gasteiger partial charge in [0.15, 0.2) is 0 Å². The normalized spacial score (nSPS) is 20.0. The minimum Gasteiger partial charge on any atom is -0.368 e. The summed E-state index contributed by atoms with van der Waals surface area (Å²) in [6, 6.07) is 0. The van der Waals surface area contributed by atoms with Crippen LogP contribution in [0, 0.1) is 0 Å². The molecule has 1 aromatic rings. The molecule has 0 saturated carbocycles. The summed E-state index contributed by atoms with van der Waals surface area (Å²) in [6.07, 6.45) is 10.7. The van der Waals surface area contributed by atoms with Crippen molar-refractivity contribution in [1.82, 2.24) is 14.9 Å². The molecule has 4 nitrogen and oxygen atoms in total. The lowest BCUT2D eigenvalue weighted by atomic mass is 9.96. The molecule has 1 aliphatic heterocycles. The number of nitrogens with zero attached hydrogens (tertiary/aromatic N) is 3. The molecule has 0 amide bonds. The van der Waals surface area contributed by atoms with Gasteiger partial charge in [-0.15, -0.1) is 0 Å². The Hall–Kier alpha value is -1.16. The Labute approximate surface area is 115 Å². The maximum atomic E-state index is 4.43. The van der Waals surface area contributed by atoms with Crippen molar-refractivity contribution in [3.8, 4) is 0 Å². The molecule has 1 N–H and O–H groups in total. The minimum atomic E-state index is 1.00. The average molecular weight is 260 g/mol. The number of aryl methyl sites for hydroxylation is 1. The van der Waals surface area contributed by atoms with Crippen molar-refractivity contribution in [3.63, 3.8) is 0 Å². The van der Waals surface area contributed by atoms with Crippen molar-refractivity contribution in [2.75, 3.05) is 31.5 Å². The van der Waals surface area contributed by atoms with Crippen molar-refractivity contribution >= 4 is 5.82 Å². The van der Waals surface area contributed by atoms with Crippen molar-refractivity contribution in [2.45, 2.75) is 44.9 Å².